The molecule has 22 heavy (non-hydrogen) atoms. The highest BCUT2D eigenvalue weighted by Gasteiger charge is 2.24. The highest BCUT2D eigenvalue weighted by Crippen LogP contribution is 2.12. The van der Waals surface area contributed by atoms with Gasteiger partial charge in [0.05, 0.1) is 0 Å². The van der Waals surface area contributed by atoms with Gasteiger partial charge in [-0.05, 0) is 25.8 Å². The van der Waals surface area contributed by atoms with Gasteiger partial charge in [0.1, 0.15) is 6.04 Å². The molecule has 0 radical (unpaired) electrons. The molecule has 2 amide bonds. The third kappa shape index (κ3) is 5.51. The molecular weight excluding hydrogens is 276 g/mol. The van der Waals surface area contributed by atoms with E-state index >= 15 is 0 Å². The molecule has 0 bridgehead atoms. The zero-order chi connectivity index (χ0) is 16.5. The topological polar surface area (TPSA) is 49.4 Å². The fourth-order valence-electron chi connectivity index (χ4n) is 2.21. The molecule has 0 aliphatic heterocycles. The summed E-state index contributed by atoms with van der Waals surface area (Å²) in [6, 6.07) is 7.61. The number of amides is 2. The number of aryl methyl sites for hydroxylation is 1. The second kappa shape index (κ2) is 9.23. The Morgan fingerprint density at radius 2 is 1.82 bits per heavy atom. The largest absolute Gasteiger partial charge is 0.354 e. The summed E-state index contributed by atoms with van der Waals surface area (Å²) in [7, 11) is 0. The highest BCUT2D eigenvalue weighted by molar-refractivity contribution is 5.87. The SMILES string of the molecule is CCCCNC(=O)[C@H](C)N(Cc1ccc(C)cc1)C(=O)CC. The zero-order valence-corrected chi connectivity index (χ0v) is 14.2. The molecule has 1 aromatic rings. The first-order valence-corrected chi connectivity index (χ1v) is 8.12. The van der Waals surface area contributed by atoms with Gasteiger partial charge in [-0.15, -0.1) is 0 Å². The molecule has 1 rings (SSSR count). The lowest BCUT2D eigenvalue weighted by Crippen LogP contribution is -2.47. The Labute approximate surface area is 133 Å². The molecule has 0 heterocycles. The van der Waals surface area contributed by atoms with Crippen LogP contribution in [0.3, 0.4) is 0 Å². The number of hydrogen-bond donors (Lipinski definition) is 1. The second-order valence-electron chi connectivity index (χ2n) is 5.68. The van der Waals surface area contributed by atoms with Gasteiger partial charge < -0.3 is 10.2 Å². The van der Waals surface area contributed by atoms with E-state index in [-0.39, 0.29) is 11.8 Å². The maximum atomic E-state index is 12.2. The van der Waals surface area contributed by atoms with E-state index in [1.54, 1.807) is 11.8 Å². The summed E-state index contributed by atoms with van der Waals surface area (Å²) in [6.07, 6.45) is 2.40. The maximum absolute atomic E-state index is 12.2. The van der Waals surface area contributed by atoms with Crippen LogP contribution < -0.4 is 5.32 Å². The van der Waals surface area contributed by atoms with Crippen LogP contribution in [0.1, 0.15) is 51.2 Å². The van der Waals surface area contributed by atoms with Crippen molar-refractivity contribution >= 4 is 11.8 Å². The van der Waals surface area contributed by atoms with Crippen LogP contribution in [0.4, 0.5) is 0 Å². The molecule has 1 N–H and O–H groups in total. The van der Waals surface area contributed by atoms with E-state index in [9.17, 15) is 9.59 Å². The van der Waals surface area contributed by atoms with Crippen LogP contribution >= 0.6 is 0 Å². The van der Waals surface area contributed by atoms with Crippen molar-refractivity contribution < 1.29 is 9.59 Å². The molecular formula is C18H28N2O2. The summed E-state index contributed by atoms with van der Waals surface area (Å²) in [5, 5.41) is 2.90. The van der Waals surface area contributed by atoms with E-state index in [4.69, 9.17) is 0 Å². The standard InChI is InChI=1S/C18H28N2O2/c1-5-7-12-19-18(22)15(4)20(17(21)6-2)13-16-10-8-14(3)9-11-16/h8-11,15H,5-7,12-13H2,1-4H3,(H,19,22)/t15-/m0/s1. The Balaban J connectivity index is 2.76. The highest BCUT2D eigenvalue weighted by atomic mass is 16.2. The Morgan fingerprint density at radius 3 is 2.36 bits per heavy atom. The fraction of sp³-hybridized carbons (Fsp3) is 0.556. The Morgan fingerprint density at radius 1 is 1.18 bits per heavy atom. The van der Waals surface area contributed by atoms with Crippen molar-refractivity contribution in [3.63, 3.8) is 0 Å². The lowest BCUT2D eigenvalue weighted by molar-refractivity contribution is -0.140. The summed E-state index contributed by atoms with van der Waals surface area (Å²) >= 11 is 0. The summed E-state index contributed by atoms with van der Waals surface area (Å²) in [5.74, 6) is -0.0823. The van der Waals surface area contributed by atoms with Crippen molar-refractivity contribution in [2.24, 2.45) is 0 Å². The first kappa shape index (κ1) is 18.2. The van der Waals surface area contributed by atoms with Crippen molar-refractivity contribution in [2.75, 3.05) is 6.54 Å². The minimum Gasteiger partial charge on any atom is -0.354 e. The third-order valence-electron chi connectivity index (χ3n) is 3.77. The van der Waals surface area contributed by atoms with Gasteiger partial charge >= 0.3 is 0 Å². The van der Waals surface area contributed by atoms with Gasteiger partial charge in [-0.3, -0.25) is 9.59 Å². The molecule has 1 aromatic carbocycles. The molecule has 0 aliphatic rings. The predicted octanol–water partition coefficient (Wildman–Crippen LogP) is 3.04. The number of unbranched alkanes of at least 4 members (excludes halogenated alkanes) is 1. The normalized spacial score (nSPS) is 11.8. The predicted molar refractivity (Wildman–Crippen MR) is 89.4 cm³/mol. The average Bonchev–Trinajstić information content (AvgIpc) is 2.53. The van der Waals surface area contributed by atoms with Crippen LogP contribution in [-0.4, -0.2) is 29.3 Å². The van der Waals surface area contributed by atoms with E-state index in [1.165, 1.54) is 5.56 Å². The van der Waals surface area contributed by atoms with Crippen LogP contribution in [0.25, 0.3) is 0 Å². The monoisotopic (exact) mass is 304 g/mol. The fourth-order valence-corrected chi connectivity index (χ4v) is 2.21. The molecule has 4 nitrogen and oxygen atoms in total. The minimum atomic E-state index is -0.453. The molecule has 1 atom stereocenters. The van der Waals surface area contributed by atoms with Gasteiger partial charge in [0, 0.05) is 19.5 Å². The number of benzene rings is 1. The molecule has 0 aliphatic carbocycles. The Bertz CT molecular complexity index is 482. The second-order valence-corrected chi connectivity index (χ2v) is 5.68. The molecule has 0 fully saturated rings. The zero-order valence-electron chi connectivity index (χ0n) is 14.2. The van der Waals surface area contributed by atoms with Crippen LogP contribution in [0, 0.1) is 6.92 Å². The van der Waals surface area contributed by atoms with Gasteiger partial charge in [-0.2, -0.15) is 0 Å². The number of hydrogen-bond acceptors (Lipinski definition) is 2. The molecule has 4 heteroatoms. The smallest absolute Gasteiger partial charge is 0.242 e. The number of carbonyl (C=O) groups excluding carboxylic acids is 2. The van der Waals surface area contributed by atoms with Gasteiger partial charge in [0.25, 0.3) is 0 Å². The maximum Gasteiger partial charge on any atom is 0.242 e. The van der Waals surface area contributed by atoms with Gasteiger partial charge in [0.15, 0.2) is 0 Å². The molecule has 0 saturated heterocycles. The first-order chi connectivity index (χ1) is 10.5. The third-order valence-corrected chi connectivity index (χ3v) is 3.77. The van der Waals surface area contributed by atoms with Crippen LogP contribution in [0.2, 0.25) is 0 Å². The number of rotatable bonds is 8. The molecule has 0 unspecified atom stereocenters. The van der Waals surface area contributed by atoms with Crippen molar-refractivity contribution in [1.82, 2.24) is 10.2 Å². The molecule has 0 aromatic heterocycles. The summed E-state index contributed by atoms with van der Waals surface area (Å²) < 4.78 is 0. The van der Waals surface area contributed by atoms with E-state index in [0.717, 1.165) is 18.4 Å². The van der Waals surface area contributed by atoms with Gasteiger partial charge in [-0.25, -0.2) is 0 Å². The number of nitrogens with one attached hydrogen (secondary N) is 1. The van der Waals surface area contributed by atoms with Crippen molar-refractivity contribution in [1.29, 1.82) is 0 Å². The van der Waals surface area contributed by atoms with Gasteiger partial charge in [-0.1, -0.05) is 50.1 Å². The molecule has 0 saturated carbocycles. The van der Waals surface area contributed by atoms with Crippen LogP contribution in [-0.2, 0) is 16.1 Å². The first-order valence-electron chi connectivity index (χ1n) is 8.12. The Kier molecular flexibility index (Phi) is 7.64. The van der Waals surface area contributed by atoms with Gasteiger partial charge in [0.2, 0.25) is 11.8 Å². The van der Waals surface area contributed by atoms with E-state index < -0.39 is 6.04 Å². The number of carbonyl (C=O) groups is 2. The quantitative estimate of drug-likeness (QED) is 0.750. The van der Waals surface area contributed by atoms with Crippen molar-refractivity contribution in [3.05, 3.63) is 35.4 Å². The lowest BCUT2D eigenvalue weighted by atomic mass is 10.1. The Hall–Kier alpha value is -1.84. The lowest BCUT2D eigenvalue weighted by Gasteiger charge is -2.28. The summed E-state index contributed by atoms with van der Waals surface area (Å²) in [6.45, 7) is 8.87. The average molecular weight is 304 g/mol. The minimum absolute atomic E-state index is 0.00119. The summed E-state index contributed by atoms with van der Waals surface area (Å²) in [5.41, 5.74) is 2.23. The van der Waals surface area contributed by atoms with E-state index in [0.29, 0.717) is 19.5 Å². The van der Waals surface area contributed by atoms with Crippen molar-refractivity contribution in [3.8, 4) is 0 Å². The van der Waals surface area contributed by atoms with E-state index in [1.807, 2.05) is 38.1 Å². The molecule has 0 spiro atoms. The van der Waals surface area contributed by atoms with Crippen molar-refractivity contribution in [2.45, 2.75) is 59.5 Å². The van der Waals surface area contributed by atoms with Crippen LogP contribution in [0.5, 0.6) is 0 Å². The van der Waals surface area contributed by atoms with E-state index in [2.05, 4.69) is 12.2 Å². The summed E-state index contributed by atoms with van der Waals surface area (Å²) in [4.78, 5) is 26.1. The van der Waals surface area contributed by atoms with Crippen LogP contribution in [0.15, 0.2) is 24.3 Å². The number of nitrogens with zero attached hydrogens (tertiary/aromatic N) is 1. The molecule has 122 valence electrons.